The van der Waals surface area contributed by atoms with Gasteiger partial charge in [-0.25, -0.2) is 0 Å². The maximum absolute atomic E-state index is 12.1. The van der Waals surface area contributed by atoms with Crippen molar-refractivity contribution in [3.8, 4) is 0 Å². The highest BCUT2D eigenvalue weighted by atomic mass is 127. The van der Waals surface area contributed by atoms with E-state index in [0.717, 1.165) is 9.26 Å². The van der Waals surface area contributed by atoms with Crippen LogP contribution in [0.1, 0.15) is 13.8 Å². The van der Waals surface area contributed by atoms with Crippen LogP contribution in [0.2, 0.25) is 0 Å². The zero-order chi connectivity index (χ0) is 13.3. The molecular formula is C13H15IN2O2. The van der Waals surface area contributed by atoms with Crippen molar-refractivity contribution in [2.24, 2.45) is 5.92 Å². The van der Waals surface area contributed by atoms with Crippen LogP contribution in [0.25, 0.3) is 0 Å². The SMILES string of the molecule is CC(C)C1C(=O)NCC(=O)N1c1cccc(I)c1. The number of amides is 2. The lowest BCUT2D eigenvalue weighted by molar-refractivity contribution is -0.131. The summed E-state index contributed by atoms with van der Waals surface area (Å²) in [6.07, 6.45) is 0. The van der Waals surface area contributed by atoms with E-state index in [0.29, 0.717) is 0 Å². The number of nitrogens with one attached hydrogen (secondary N) is 1. The van der Waals surface area contributed by atoms with Crippen molar-refractivity contribution < 1.29 is 9.59 Å². The molecule has 1 heterocycles. The summed E-state index contributed by atoms with van der Waals surface area (Å²) in [7, 11) is 0. The molecule has 0 saturated carbocycles. The molecule has 4 nitrogen and oxygen atoms in total. The highest BCUT2D eigenvalue weighted by Gasteiger charge is 2.37. The van der Waals surface area contributed by atoms with Crippen molar-refractivity contribution in [2.75, 3.05) is 11.4 Å². The minimum Gasteiger partial charge on any atom is -0.345 e. The van der Waals surface area contributed by atoms with Gasteiger partial charge >= 0.3 is 0 Å². The predicted molar refractivity (Wildman–Crippen MR) is 78.3 cm³/mol. The van der Waals surface area contributed by atoms with E-state index in [1.165, 1.54) is 0 Å². The first kappa shape index (κ1) is 13.3. The summed E-state index contributed by atoms with van der Waals surface area (Å²) in [5, 5.41) is 2.65. The van der Waals surface area contributed by atoms with Crippen LogP contribution in [0, 0.1) is 9.49 Å². The molecule has 96 valence electrons. The molecule has 1 saturated heterocycles. The molecule has 2 rings (SSSR count). The van der Waals surface area contributed by atoms with Crippen LogP contribution >= 0.6 is 22.6 Å². The molecule has 0 radical (unpaired) electrons. The maximum atomic E-state index is 12.1. The Morgan fingerprint density at radius 3 is 2.72 bits per heavy atom. The van der Waals surface area contributed by atoms with Gasteiger partial charge in [-0.1, -0.05) is 19.9 Å². The van der Waals surface area contributed by atoms with Crippen molar-refractivity contribution in [3.63, 3.8) is 0 Å². The summed E-state index contributed by atoms with van der Waals surface area (Å²) in [4.78, 5) is 25.6. The Labute approximate surface area is 120 Å². The molecule has 1 fully saturated rings. The number of carbonyl (C=O) groups excluding carboxylic acids is 2. The largest absolute Gasteiger partial charge is 0.345 e. The van der Waals surface area contributed by atoms with Crippen LogP contribution in [0.5, 0.6) is 0 Å². The van der Waals surface area contributed by atoms with Crippen LogP contribution in [0.15, 0.2) is 24.3 Å². The van der Waals surface area contributed by atoms with Gasteiger partial charge in [-0.05, 0) is 46.7 Å². The number of halogens is 1. The summed E-state index contributed by atoms with van der Waals surface area (Å²) in [5.74, 6) is -0.0640. The Morgan fingerprint density at radius 1 is 1.39 bits per heavy atom. The second kappa shape index (κ2) is 5.26. The lowest BCUT2D eigenvalue weighted by Crippen LogP contribution is -2.60. The van der Waals surface area contributed by atoms with Crippen molar-refractivity contribution >= 4 is 40.1 Å². The quantitative estimate of drug-likeness (QED) is 0.820. The van der Waals surface area contributed by atoms with E-state index in [4.69, 9.17) is 0 Å². The normalized spacial score (nSPS) is 20.2. The highest BCUT2D eigenvalue weighted by molar-refractivity contribution is 14.1. The van der Waals surface area contributed by atoms with Gasteiger partial charge in [0.05, 0.1) is 6.54 Å². The number of piperazine rings is 1. The summed E-state index contributed by atoms with van der Waals surface area (Å²) < 4.78 is 1.05. The van der Waals surface area contributed by atoms with Gasteiger partial charge < -0.3 is 5.32 Å². The minimum absolute atomic E-state index is 0.0599. The van der Waals surface area contributed by atoms with E-state index < -0.39 is 6.04 Å². The maximum Gasteiger partial charge on any atom is 0.247 e. The molecule has 1 N–H and O–H groups in total. The third-order valence-electron chi connectivity index (χ3n) is 2.95. The lowest BCUT2D eigenvalue weighted by atomic mass is 9.98. The molecule has 1 aromatic rings. The molecule has 0 aromatic heterocycles. The third kappa shape index (κ3) is 2.50. The van der Waals surface area contributed by atoms with Gasteiger partial charge in [0.15, 0.2) is 0 Å². The van der Waals surface area contributed by atoms with Crippen LogP contribution < -0.4 is 10.2 Å². The number of carbonyl (C=O) groups is 2. The average molecular weight is 358 g/mol. The molecule has 1 atom stereocenters. The Hall–Kier alpha value is -1.11. The van der Waals surface area contributed by atoms with Gasteiger partial charge in [-0.15, -0.1) is 0 Å². The third-order valence-corrected chi connectivity index (χ3v) is 3.62. The van der Waals surface area contributed by atoms with Gasteiger partial charge in [0.1, 0.15) is 6.04 Å². The van der Waals surface area contributed by atoms with Crippen molar-refractivity contribution in [1.29, 1.82) is 0 Å². The Morgan fingerprint density at radius 2 is 2.11 bits per heavy atom. The summed E-state index contributed by atoms with van der Waals surface area (Å²) in [6.45, 7) is 3.97. The van der Waals surface area contributed by atoms with Gasteiger partial charge in [-0.3, -0.25) is 14.5 Å². The first-order valence-corrected chi connectivity index (χ1v) is 6.94. The van der Waals surface area contributed by atoms with Gasteiger partial charge in [0.25, 0.3) is 0 Å². The average Bonchev–Trinajstić information content (AvgIpc) is 2.31. The topological polar surface area (TPSA) is 49.4 Å². The predicted octanol–water partition coefficient (Wildman–Crippen LogP) is 1.78. The fraction of sp³-hybridized carbons (Fsp3) is 0.385. The summed E-state index contributed by atoms with van der Waals surface area (Å²) in [5.41, 5.74) is 0.792. The van der Waals surface area contributed by atoms with Crippen molar-refractivity contribution in [3.05, 3.63) is 27.8 Å². The second-order valence-electron chi connectivity index (χ2n) is 4.65. The van der Waals surface area contributed by atoms with Gasteiger partial charge in [0.2, 0.25) is 11.8 Å². The number of nitrogens with zero attached hydrogens (tertiary/aromatic N) is 1. The van der Waals surface area contributed by atoms with E-state index >= 15 is 0 Å². The summed E-state index contributed by atoms with van der Waals surface area (Å²) >= 11 is 2.20. The van der Waals surface area contributed by atoms with Gasteiger partial charge in [0, 0.05) is 9.26 Å². The molecular weight excluding hydrogens is 343 g/mol. The standard InChI is InChI=1S/C13H15IN2O2/c1-8(2)12-13(18)15-7-11(17)16(12)10-5-3-4-9(14)6-10/h3-6,8,12H,7H2,1-2H3,(H,15,18). The van der Waals surface area contributed by atoms with Gasteiger partial charge in [-0.2, -0.15) is 0 Å². The molecule has 0 aliphatic carbocycles. The molecule has 1 unspecified atom stereocenters. The summed E-state index contributed by atoms with van der Waals surface area (Å²) in [6, 6.07) is 7.22. The van der Waals surface area contributed by atoms with Crippen LogP contribution in [-0.4, -0.2) is 24.4 Å². The smallest absolute Gasteiger partial charge is 0.247 e. The van der Waals surface area contributed by atoms with E-state index in [9.17, 15) is 9.59 Å². The number of anilines is 1. The fourth-order valence-corrected chi connectivity index (χ4v) is 2.68. The molecule has 0 spiro atoms. The zero-order valence-electron chi connectivity index (χ0n) is 10.3. The molecule has 0 bridgehead atoms. The molecule has 1 aliphatic heterocycles. The van der Waals surface area contributed by atoms with E-state index in [2.05, 4.69) is 27.9 Å². The first-order valence-electron chi connectivity index (χ1n) is 5.86. The first-order chi connectivity index (χ1) is 8.50. The number of hydrogen-bond acceptors (Lipinski definition) is 2. The number of benzene rings is 1. The van der Waals surface area contributed by atoms with Crippen LogP contribution in [0.3, 0.4) is 0 Å². The minimum atomic E-state index is -0.426. The molecule has 2 amide bonds. The Balaban J connectivity index is 2.43. The second-order valence-corrected chi connectivity index (χ2v) is 5.90. The Bertz CT molecular complexity index is 488. The highest BCUT2D eigenvalue weighted by Crippen LogP contribution is 2.25. The van der Waals surface area contributed by atoms with Crippen LogP contribution in [0.4, 0.5) is 5.69 Å². The molecule has 1 aromatic carbocycles. The number of hydrogen-bond donors (Lipinski definition) is 1. The fourth-order valence-electron chi connectivity index (χ4n) is 2.16. The van der Waals surface area contributed by atoms with Crippen molar-refractivity contribution in [2.45, 2.75) is 19.9 Å². The van der Waals surface area contributed by atoms with Crippen molar-refractivity contribution in [1.82, 2.24) is 5.32 Å². The molecule has 5 heteroatoms. The Kier molecular flexibility index (Phi) is 3.89. The molecule has 18 heavy (non-hydrogen) atoms. The zero-order valence-corrected chi connectivity index (χ0v) is 12.5. The van der Waals surface area contributed by atoms with E-state index in [-0.39, 0.29) is 24.3 Å². The number of rotatable bonds is 2. The van der Waals surface area contributed by atoms with E-state index in [1.54, 1.807) is 4.90 Å². The molecule has 1 aliphatic rings. The van der Waals surface area contributed by atoms with Crippen LogP contribution in [-0.2, 0) is 9.59 Å². The van der Waals surface area contributed by atoms with E-state index in [1.807, 2.05) is 38.1 Å². The lowest BCUT2D eigenvalue weighted by Gasteiger charge is -2.37. The monoisotopic (exact) mass is 358 g/mol.